The quantitative estimate of drug-likeness (QED) is 0.498. The van der Waals surface area contributed by atoms with E-state index in [2.05, 4.69) is 0 Å². The fourth-order valence-electron chi connectivity index (χ4n) is 2.10. The normalized spacial score (nSPS) is 12.3. The molecular formula is C17H27N3O3S. The molecule has 0 spiro atoms. The molecule has 24 heavy (non-hydrogen) atoms. The van der Waals surface area contributed by atoms with Gasteiger partial charge in [0.2, 0.25) is 10.0 Å². The van der Waals surface area contributed by atoms with Crippen LogP contribution in [0.4, 0.5) is 0 Å². The van der Waals surface area contributed by atoms with E-state index in [-0.39, 0.29) is 16.2 Å². The minimum atomic E-state index is -3.70. The fraction of sp³-hybridized carbons (Fsp3) is 0.471. The molecule has 1 aromatic rings. The Labute approximate surface area is 145 Å². The Morgan fingerprint density at radius 1 is 1.04 bits per heavy atom. The lowest BCUT2D eigenvalue weighted by Gasteiger charge is -2.19. The zero-order valence-electron chi connectivity index (χ0n) is 15.1. The van der Waals surface area contributed by atoms with Gasteiger partial charge in [-0.25, -0.2) is 12.7 Å². The second-order valence-corrected chi connectivity index (χ2v) is 8.14. The molecule has 0 aliphatic heterocycles. The molecule has 7 heteroatoms. The molecule has 0 aliphatic carbocycles. The molecule has 6 nitrogen and oxygen atoms in total. The summed E-state index contributed by atoms with van der Waals surface area (Å²) in [7, 11) is 5.32. The molecule has 0 aliphatic rings. The van der Waals surface area contributed by atoms with Gasteiger partial charge in [-0.3, -0.25) is 4.79 Å². The van der Waals surface area contributed by atoms with Crippen LogP contribution in [0.5, 0.6) is 0 Å². The van der Waals surface area contributed by atoms with E-state index in [4.69, 9.17) is 0 Å². The Morgan fingerprint density at radius 2 is 1.67 bits per heavy atom. The van der Waals surface area contributed by atoms with Gasteiger partial charge in [0.15, 0.2) is 5.78 Å². The summed E-state index contributed by atoms with van der Waals surface area (Å²) in [4.78, 5) is 16.1. The van der Waals surface area contributed by atoms with Crippen molar-refractivity contribution in [3.8, 4) is 0 Å². The molecule has 0 atom stereocenters. The lowest BCUT2D eigenvalue weighted by molar-refractivity contribution is 0.104. The zero-order chi connectivity index (χ0) is 18.3. The Bertz CT molecular complexity index is 682. The summed E-state index contributed by atoms with van der Waals surface area (Å²) in [6.07, 6.45) is 3.70. The molecule has 0 saturated heterocycles. The number of rotatable bonds is 9. The van der Waals surface area contributed by atoms with E-state index in [0.29, 0.717) is 6.54 Å². The molecule has 0 heterocycles. The number of sulfonamides is 1. The van der Waals surface area contributed by atoms with Crippen LogP contribution in [0.3, 0.4) is 0 Å². The SMILES string of the molecule is CN(C)C=CC(=O)c1ccccc1S(=O)(=O)N(C)CCCN(C)C. The zero-order valence-corrected chi connectivity index (χ0v) is 15.9. The van der Waals surface area contributed by atoms with Crippen LogP contribution < -0.4 is 0 Å². The predicted octanol–water partition coefficient (Wildman–Crippen LogP) is 1.52. The van der Waals surface area contributed by atoms with Gasteiger partial charge in [-0.05, 0) is 39.2 Å². The van der Waals surface area contributed by atoms with Crippen molar-refractivity contribution in [2.24, 2.45) is 0 Å². The summed E-state index contributed by atoms with van der Waals surface area (Å²) in [5.41, 5.74) is 0.190. The van der Waals surface area contributed by atoms with E-state index in [0.717, 1.165) is 13.0 Å². The number of carbonyl (C=O) groups excluding carboxylic acids is 1. The molecule has 1 rings (SSSR count). The maximum absolute atomic E-state index is 12.8. The Hall–Kier alpha value is -1.70. The van der Waals surface area contributed by atoms with E-state index >= 15 is 0 Å². The molecule has 1 aromatic carbocycles. The largest absolute Gasteiger partial charge is 0.383 e. The summed E-state index contributed by atoms with van der Waals surface area (Å²) >= 11 is 0. The van der Waals surface area contributed by atoms with Crippen molar-refractivity contribution in [3.05, 3.63) is 42.1 Å². The maximum Gasteiger partial charge on any atom is 0.243 e. The topological polar surface area (TPSA) is 60.9 Å². The first kappa shape index (κ1) is 20.3. The predicted molar refractivity (Wildman–Crippen MR) is 96.6 cm³/mol. The second-order valence-electron chi connectivity index (χ2n) is 6.12. The summed E-state index contributed by atoms with van der Waals surface area (Å²) < 4.78 is 26.9. The van der Waals surface area contributed by atoms with Gasteiger partial charge in [-0.2, -0.15) is 0 Å². The number of carbonyl (C=O) groups is 1. The molecular weight excluding hydrogens is 326 g/mol. The van der Waals surface area contributed by atoms with Crippen LogP contribution in [-0.2, 0) is 10.0 Å². The van der Waals surface area contributed by atoms with Crippen LogP contribution >= 0.6 is 0 Å². The van der Waals surface area contributed by atoms with Gasteiger partial charge in [0.05, 0.1) is 4.90 Å². The Balaban J connectivity index is 3.05. The molecule has 0 bridgehead atoms. The monoisotopic (exact) mass is 353 g/mol. The number of hydrogen-bond donors (Lipinski definition) is 0. The van der Waals surface area contributed by atoms with Crippen molar-refractivity contribution >= 4 is 15.8 Å². The second kappa shape index (κ2) is 8.96. The Morgan fingerprint density at radius 3 is 2.25 bits per heavy atom. The maximum atomic E-state index is 12.8. The van der Waals surface area contributed by atoms with Crippen molar-refractivity contribution in [2.45, 2.75) is 11.3 Å². The van der Waals surface area contributed by atoms with E-state index in [1.807, 2.05) is 19.0 Å². The van der Waals surface area contributed by atoms with Gasteiger partial charge in [0.25, 0.3) is 0 Å². The number of allylic oxidation sites excluding steroid dienone is 1. The first-order chi connectivity index (χ1) is 11.2. The number of benzene rings is 1. The standard InChI is InChI=1S/C17H27N3O3S/c1-18(2)12-8-13-20(5)24(22,23)17-10-7-6-9-15(17)16(21)11-14-19(3)4/h6-7,9-11,14H,8,12-13H2,1-5H3. The molecule has 0 aromatic heterocycles. The van der Waals surface area contributed by atoms with Crippen molar-refractivity contribution in [1.82, 2.24) is 14.1 Å². The third kappa shape index (κ3) is 5.74. The van der Waals surface area contributed by atoms with Gasteiger partial charge in [-0.1, -0.05) is 12.1 Å². The molecule has 0 amide bonds. The van der Waals surface area contributed by atoms with E-state index in [9.17, 15) is 13.2 Å². The number of nitrogens with zero attached hydrogens (tertiary/aromatic N) is 3. The Kier molecular flexibility index (Phi) is 7.59. The third-order valence-corrected chi connectivity index (χ3v) is 5.36. The lowest BCUT2D eigenvalue weighted by Crippen LogP contribution is -2.30. The molecule has 0 fully saturated rings. The molecule has 0 radical (unpaired) electrons. The van der Waals surface area contributed by atoms with Crippen LogP contribution in [-0.4, -0.2) is 76.6 Å². The summed E-state index contributed by atoms with van der Waals surface area (Å²) in [5, 5.41) is 0. The first-order valence-corrected chi connectivity index (χ1v) is 9.19. The summed E-state index contributed by atoms with van der Waals surface area (Å²) in [6.45, 7) is 1.20. The van der Waals surface area contributed by atoms with Crippen molar-refractivity contribution in [2.75, 3.05) is 48.3 Å². The smallest absolute Gasteiger partial charge is 0.243 e. The van der Waals surface area contributed by atoms with Gasteiger partial charge in [0.1, 0.15) is 0 Å². The van der Waals surface area contributed by atoms with Crippen LogP contribution in [0.1, 0.15) is 16.8 Å². The van der Waals surface area contributed by atoms with Gasteiger partial charge in [0, 0.05) is 45.5 Å². The van der Waals surface area contributed by atoms with Crippen LogP contribution in [0.15, 0.2) is 41.4 Å². The van der Waals surface area contributed by atoms with Crippen molar-refractivity contribution < 1.29 is 13.2 Å². The first-order valence-electron chi connectivity index (χ1n) is 7.75. The average Bonchev–Trinajstić information content (AvgIpc) is 2.52. The number of hydrogen-bond acceptors (Lipinski definition) is 5. The summed E-state index contributed by atoms with van der Waals surface area (Å²) in [6, 6.07) is 6.33. The van der Waals surface area contributed by atoms with Gasteiger partial charge < -0.3 is 9.80 Å². The van der Waals surface area contributed by atoms with E-state index in [1.54, 1.807) is 50.4 Å². The highest BCUT2D eigenvalue weighted by Crippen LogP contribution is 2.20. The average molecular weight is 353 g/mol. The van der Waals surface area contributed by atoms with Crippen molar-refractivity contribution in [3.63, 3.8) is 0 Å². The minimum absolute atomic E-state index is 0.0470. The van der Waals surface area contributed by atoms with Gasteiger partial charge >= 0.3 is 0 Å². The van der Waals surface area contributed by atoms with Gasteiger partial charge in [-0.15, -0.1) is 0 Å². The highest BCUT2D eigenvalue weighted by atomic mass is 32.2. The van der Waals surface area contributed by atoms with Crippen LogP contribution in [0, 0.1) is 0 Å². The fourth-order valence-corrected chi connectivity index (χ4v) is 3.50. The van der Waals surface area contributed by atoms with E-state index in [1.165, 1.54) is 16.4 Å². The van der Waals surface area contributed by atoms with Crippen LogP contribution in [0.2, 0.25) is 0 Å². The molecule has 0 unspecified atom stereocenters. The molecule has 0 saturated carbocycles. The minimum Gasteiger partial charge on any atom is -0.383 e. The molecule has 134 valence electrons. The highest BCUT2D eigenvalue weighted by molar-refractivity contribution is 7.89. The summed E-state index contributed by atoms with van der Waals surface area (Å²) in [5.74, 6) is -0.329. The molecule has 0 N–H and O–H groups in total. The number of ketones is 1. The van der Waals surface area contributed by atoms with Crippen molar-refractivity contribution in [1.29, 1.82) is 0 Å². The van der Waals surface area contributed by atoms with Crippen LogP contribution in [0.25, 0.3) is 0 Å². The lowest BCUT2D eigenvalue weighted by atomic mass is 10.1. The highest BCUT2D eigenvalue weighted by Gasteiger charge is 2.25. The third-order valence-electron chi connectivity index (χ3n) is 3.44. The van der Waals surface area contributed by atoms with E-state index < -0.39 is 10.0 Å².